The summed E-state index contributed by atoms with van der Waals surface area (Å²) < 4.78 is 27.9. The van der Waals surface area contributed by atoms with Crippen LogP contribution in [0.15, 0.2) is 66.3 Å². The number of hydrogen-bond acceptors (Lipinski definition) is 8. The van der Waals surface area contributed by atoms with E-state index in [2.05, 4.69) is 32.8 Å². The first-order valence-electron chi connectivity index (χ1n) is 19.9. The van der Waals surface area contributed by atoms with Gasteiger partial charge in [0.25, 0.3) is 15.9 Å². The Bertz CT molecular complexity index is 1840. The summed E-state index contributed by atoms with van der Waals surface area (Å²) in [4.78, 5) is 74.7. The van der Waals surface area contributed by atoms with Crippen LogP contribution in [-0.4, -0.2) is 103 Å². The lowest BCUT2D eigenvalue weighted by Gasteiger charge is -2.36. The normalized spacial score (nSPS) is 18.7. The molecule has 1 aromatic carbocycles. The first-order valence-corrected chi connectivity index (χ1v) is 21.4. The van der Waals surface area contributed by atoms with E-state index in [1.807, 2.05) is 65.8 Å². The molecule has 4 rings (SSSR count). The minimum absolute atomic E-state index is 0.0716. The number of rotatable bonds is 18. The van der Waals surface area contributed by atoms with Gasteiger partial charge < -0.3 is 26.2 Å². The fraction of sp³-hybridized carbons (Fsp3) is 0.571. The lowest BCUT2D eigenvalue weighted by Crippen LogP contribution is -2.61. The fourth-order valence-electron chi connectivity index (χ4n) is 7.82. The predicted octanol–water partition coefficient (Wildman–Crippen LogP) is 3.62. The van der Waals surface area contributed by atoms with Gasteiger partial charge >= 0.3 is 6.03 Å². The van der Waals surface area contributed by atoms with Crippen molar-refractivity contribution < 1.29 is 32.4 Å². The number of pyridine rings is 1. The van der Waals surface area contributed by atoms with Crippen molar-refractivity contribution in [2.24, 2.45) is 23.2 Å². The summed E-state index contributed by atoms with van der Waals surface area (Å²) in [5.74, 6) is -2.88. The van der Waals surface area contributed by atoms with Crippen molar-refractivity contribution in [2.75, 3.05) is 26.7 Å². The van der Waals surface area contributed by atoms with Crippen molar-refractivity contribution in [2.45, 2.75) is 109 Å². The summed E-state index contributed by atoms with van der Waals surface area (Å²) in [5.41, 5.74) is 1.53. The van der Waals surface area contributed by atoms with E-state index in [1.54, 1.807) is 12.1 Å². The number of aromatic nitrogens is 1. The smallest absolute Gasteiger partial charge is 0.315 e. The molecule has 1 aromatic heterocycles. The number of benzene rings is 1. The molecule has 2 heterocycles. The number of hydrogen-bond donors (Lipinski definition) is 4. The van der Waals surface area contributed by atoms with Gasteiger partial charge in [-0.25, -0.2) is 18.2 Å². The molecule has 1 fully saturated rings. The molecule has 14 nitrogen and oxygen atoms in total. The molecule has 4 N–H and O–H groups in total. The molecule has 1 unspecified atom stereocenters. The Morgan fingerprint density at radius 1 is 1.00 bits per heavy atom. The number of urea groups is 1. The molecule has 2 aromatic rings. The van der Waals surface area contributed by atoms with E-state index in [1.165, 1.54) is 30.3 Å². The fourth-order valence-corrected chi connectivity index (χ4v) is 8.93. The number of likely N-dealkylation sites (N-methyl/N-ethyl adjacent to an activating group) is 1. The van der Waals surface area contributed by atoms with Crippen molar-refractivity contribution in [3.63, 3.8) is 0 Å². The number of Topliss-reactive ketones (excluding diaryl/α,β-unsaturated/α-hetero) is 1. The molecular formula is C42H61N7O7S. The molecule has 15 heteroatoms. The van der Waals surface area contributed by atoms with Gasteiger partial charge in [0.05, 0.1) is 6.04 Å². The third-order valence-corrected chi connectivity index (χ3v) is 12.6. The molecule has 5 amide bonds. The van der Waals surface area contributed by atoms with Gasteiger partial charge in [0.1, 0.15) is 12.1 Å². The highest BCUT2D eigenvalue weighted by Gasteiger charge is 2.47. The molecule has 1 saturated heterocycles. The summed E-state index contributed by atoms with van der Waals surface area (Å²) >= 11 is 0. The Labute approximate surface area is 338 Å². The van der Waals surface area contributed by atoms with Gasteiger partial charge in [0, 0.05) is 38.9 Å². The average molecular weight is 808 g/mol. The molecular weight excluding hydrogens is 747 g/mol. The van der Waals surface area contributed by atoms with Gasteiger partial charge in [-0.1, -0.05) is 84.4 Å². The van der Waals surface area contributed by atoms with E-state index in [0.29, 0.717) is 32.1 Å². The van der Waals surface area contributed by atoms with E-state index >= 15 is 0 Å². The van der Waals surface area contributed by atoms with Gasteiger partial charge in [0.15, 0.2) is 5.03 Å². The van der Waals surface area contributed by atoms with Crippen LogP contribution in [-0.2, 0) is 42.0 Å². The maximum absolute atomic E-state index is 15.0. The van der Waals surface area contributed by atoms with Crippen LogP contribution < -0.4 is 21.3 Å². The van der Waals surface area contributed by atoms with Gasteiger partial charge in [0.2, 0.25) is 17.6 Å². The zero-order valence-corrected chi connectivity index (χ0v) is 35.2. The molecule has 0 radical (unpaired) electrons. The van der Waals surface area contributed by atoms with E-state index in [-0.39, 0.29) is 48.8 Å². The molecule has 5 atom stereocenters. The number of nitrogens with zero attached hydrogens (tertiary/aromatic N) is 3. The van der Waals surface area contributed by atoms with Crippen LogP contribution in [0, 0.1) is 23.2 Å². The zero-order chi connectivity index (χ0) is 42.1. The first-order chi connectivity index (χ1) is 26.9. The predicted molar refractivity (Wildman–Crippen MR) is 218 cm³/mol. The van der Waals surface area contributed by atoms with Gasteiger partial charge in [-0.15, -0.1) is 6.58 Å². The van der Waals surface area contributed by atoms with Crippen LogP contribution in [0.1, 0.15) is 78.4 Å². The summed E-state index contributed by atoms with van der Waals surface area (Å²) in [6, 6.07) is 8.11. The lowest BCUT2D eigenvalue weighted by atomic mass is 9.86. The van der Waals surface area contributed by atoms with Crippen molar-refractivity contribution >= 4 is 39.6 Å². The second-order valence-corrected chi connectivity index (χ2v) is 18.8. The largest absolute Gasteiger partial charge is 0.346 e. The lowest BCUT2D eigenvalue weighted by molar-refractivity contribution is -0.144. The molecule has 2 aliphatic rings. The number of carbonyl (C=O) groups excluding carboxylic acids is 5. The Balaban J connectivity index is 1.63. The molecule has 0 bridgehead atoms. The number of nitrogens with one attached hydrogen (secondary N) is 4. The standard InChI is InChI=1S/C42H61N7O7S/c1-9-15-32(37(50)39(52)44-20-10-2)45-38(51)36-30(23-27(3)4)19-22-49(36)40(53)35(31-24-28-16-11-12-17-29(28)25-31)47-41(54)46-33(42(5,6)7)26-48(8)57(55,56)34-18-13-14-21-43-34/h10-14,16-18,21,27,30-33,35-36H,2,9,15,19-20,22-26H2,1,3-8H3,(H,44,52)(H,45,51)(H2,46,47,54)/t30-,32?,33-,35+,36+/m1/s1. The third-order valence-electron chi connectivity index (χ3n) is 10.9. The number of ketones is 1. The van der Waals surface area contributed by atoms with E-state index in [0.717, 1.165) is 15.4 Å². The second-order valence-electron chi connectivity index (χ2n) is 16.8. The molecule has 312 valence electrons. The average Bonchev–Trinajstić information content (AvgIpc) is 3.79. The Kier molecular flexibility index (Phi) is 15.6. The molecule has 0 spiro atoms. The highest BCUT2D eigenvalue weighted by Crippen LogP contribution is 2.34. The van der Waals surface area contributed by atoms with E-state index in [4.69, 9.17) is 0 Å². The Morgan fingerprint density at radius 3 is 2.21 bits per heavy atom. The highest BCUT2D eigenvalue weighted by atomic mass is 32.2. The highest BCUT2D eigenvalue weighted by molar-refractivity contribution is 7.89. The van der Waals surface area contributed by atoms with Crippen molar-refractivity contribution in [3.05, 3.63) is 72.4 Å². The minimum atomic E-state index is -3.97. The zero-order valence-electron chi connectivity index (χ0n) is 34.4. The van der Waals surface area contributed by atoms with Crippen LogP contribution in [0.2, 0.25) is 0 Å². The van der Waals surface area contributed by atoms with E-state index in [9.17, 15) is 32.4 Å². The molecule has 1 aliphatic carbocycles. The molecule has 1 aliphatic heterocycles. The van der Waals surface area contributed by atoms with E-state index < -0.39 is 69.1 Å². The van der Waals surface area contributed by atoms with Crippen LogP contribution in [0.4, 0.5) is 4.79 Å². The maximum atomic E-state index is 15.0. The van der Waals surface area contributed by atoms with Crippen molar-refractivity contribution in [3.8, 4) is 0 Å². The SMILES string of the molecule is C=CCNC(=O)C(=O)C(CCC)NC(=O)[C@@H]1[C@@H](CC(C)C)CCN1C(=O)[C@@H](NC(=O)N[C@H](CN(C)S(=O)(=O)c1ccccn1)C(C)(C)C)C1Cc2ccccc2C1. The molecule has 0 saturated carbocycles. The first kappa shape index (κ1) is 45.1. The minimum Gasteiger partial charge on any atom is -0.346 e. The Hall–Kier alpha value is -4.63. The van der Waals surface area contributed by atoms with Crippen molar-refractivity contribution in [1.82, 2.24) is 35.5 Å². The number of likely N-dealkylation sites (tertiary alicyclic amines) is 1. The Morgan fingerprint density at radius 2 is 1.65 bits per heavy atom. The third kappa shape index (κ3) is 11.5. The number of fused-ring (bicyclic) bond motifs is 1. The van der Waals surface area contributed by atoms with Crippen LogP contribution >= 0.6 is 0 Å². The number of carbonyl (C=O) groups is 5. The monoisotopic (exact) mass is 807 g/mol. The second kappa shape index (κ2) is 19.7. The van der Waals surface area contributed by atoms with Gasteiger partial charge in [-0.3, -0.25) is 19.2 Å². The summed E-state index contributed by atoms with van der Waals surface area (Å²) in [6.07, 6.45) is 5.85. The van der Waals surface area contributed by atoms with Crippen LogP contribution in [0.3, 0.4) is 0 Å². The van der Waals surface area contributed by atoms with Gasteiger partial charge in [-0.05, 0) is 78.5 Å². The summed E-state index contributed by atoms with van der Waals surface area (Å²) in [7, 11) is -2.54. The number of amides is 5. The van der Waals surface area contributed by atoms with Gasteiger partial charge in [-0.2, -0.15) is 4.31 Å². The summed E-state index contributed by atoms with van der Waals surface area (Å²) in [5, 5.41) is 11.2. The van der Waals surface area contributed by atoms with Crippen molar-refractivity contribution in [1.29, 1.82) is 0 Å². The maximum Gasteiger partial charge on any atom is 0.315 e. The number of sulfonamides is 1. The van der Waals surface area contributed by atoms with Crippen LogP contribution in [0.25, 0.3) is 0 Å². The quantitative estimate of drug-likeness (QED) is 0.130. The topological polar surface area (TPSA) is 187 Å². The summed E-state index contributed by atoms with van der Waals surface area (Å²) in [6.45, 7) is 15.5. The van der Waals surface area contributed by atoms with Crippen LogP contribution in [0.5, 0.6) is 0 Å². The molecule has 57 heavy (non-hydrogen) atoms.